The zero-order valence-corrected chi connectivity index (χ0v) is 10.9. The third kappa shape index (κ3) is 3.46. The van der Waals surface area contributed by atoms with Crippen molar-refractivity contribution < 1.29 is 9.53 Å². The van der Waals surface area contributed by atoms with Gasteiger partial charge in [-0.1, -0.05) is 13.0 Å². The first kappa shape index (κ1) is 13.5. The number of rotatable bonds is 5. The number of methoxy groups -OCH3 is 1. The second kappa shape index (κ2) is 6.25. The number of carbonyl (C=O) groups is 1. The zero-order chi connectivity index (χ0) is 12.8. The Kier molecular flexibility index (Phi) is 4.97. The molecule has 0 spiro atoms. The maximum atomic E-state index is 11.9. The molecule has 0 heterocycles. The highest BCUT2D eigenvalue weighted by atomic mass is 16.5. The van der Waals surface area contributed by atoms with Crippen LogP contribution >= 0.6 is 0 Å². The number of aryl methyl sites for hydroxylation is 1. The molecule has 0 aliphatic heterocycles. The van der Waals surface area contributed by atoms with Crippen LogP contribution < -0.4 is 15.0 Å². The minimum atomic E-state index is 0.0238. The average Bonchev–Trinajstić information content (AvgIpc) is 2.34. The molecule has 0 aliphatic carbocycles. The molecule has 0 saturated heterocycles. The fraction of sp³-hybridized carbons (Fsp3) is 0.462. The van der Waals surface area contributed by atoms with Gasteiger partial charge in [-0.25, -0.2) is 0 Å². The minimum absolute atomic E-state index is 0.0238. The summed E-state index contributed by atoms with van der Waals surface area (Å²) >= 11 is 0. The van der Waals surface area contributed by atoms with Crippen LogP contribution in [-0.2, 0) is 4.79 Å². The highest BCUT2D eigenvalue weighted by Gasteiger charge is 2.14. The summed E-state index contributed by atoms with van der Waals surface area (Å²) in [6.07, 6.45) is 0. The van der Waals surface area contributed by atoms with Crippen molar-refractivity contribution in [2.75, 3.05) is 32.1 Å². The van der Waals surface area contributed by atoms with Crippen LogP contribution in [0.3, 0.4) is 0 Å². The first-order chi connectivity index (χ1) is 8.10. The normalized spacial score (nSPS) is 10.1. The van der Waals surface area contributed by atoms with Crippen molar-refractivity contribution in [2.45, 2.75) is 13.8 Å². The molecule has 4 nitrogen and oxygen atoms in total. The van der Waals surface area contributed by atoms with E-state index in [9.17, 15) is 4.79 Å². The maximum absolute atomic E-state index is 11.9. The molecule has 0 radical (unpaired) electrons. The molecule has 0 aromatic heterocycles. The van der Waals surface area contributed by atoms with Crippen molar-refractivity contribution in [3.05, 3.63) is 23.8 Å². The van der Waals surface area contributed by atoms with Gasteiger partial charge in [-0.15, -0.1) is 0 Å². The van der Waals surface area contributed by atoms with Crippen molar-refractivity contribution in [3.63, 3.8) is 0 Å². The van der Waals surface area contributed by atoms with Crippen molar-refractivity contribution in [1.82, 2.24) is 5.32 Å². The zero-order valence-electron chi connectivity index (χ0n) is 10.9. The number of nitrogens with one attached hydrogen (secondary N) is 1. The Morgan fingerprint density at radius 2 is 2.18 bits per heavy atom. The van der Waals surface area contributed by atoms with Gasteiger partial charge in [0.15, 0.2) is 0 Å². The van der Waals surface area contributed by atoms with Crippen LogP contribution in [0.25, 0.3) is 0 Å². The fourth-order valence-electron chi connectivity index (χ4n) is 1.55. The van der Waals surface area contributed by atoms with E-state index in [-0.39, 0.29) is 5.91 Å². The lowest BCUT2D eigenvalue weighted by molar-refractivity contribution is -0.117. The number of anilines is 1. The van der Waals surface area contributed by atoms with E-state index in [1.54, 1.807) is 19.1 Å². The molecule has 4 heteroatoms. The van der Waals surface area contributed by atoms with Crippen LogP contribution in [-0.4, -0.2) is 33.2 Å². The summed E-state index contributed by atoms with van der Waals surface area (Å²) in [5.74, 6) is 0.735. The second-order valence-electron chi connectivity index (χ2n) is 3.91. The Bertz CT molecular complexity index is 391. The number of hydrogen-bond acceptors (Lipinski definition) is 3. The number of benzene rings is 1. The Morgan fingerprint density at radius 3 is 2.76 bits per heavy atom. The van der Waals surface area contributed by atoms with Gasteiger partial charge in [0.2, 0.25) is 5.91 Å². The average molecular weight is 236 g/mol. The number of amides is 1. The van der Waals surface area contributed by atoms with Crippen molar-refractivity contribution in [1.29, 1.82) is 0 Å². The summed E-state index contributed by atoms with van der Waals surface area (Å²) in [6, 6.07) is 5.79. The largest absolute Gasteiger partial charge is 0.495 e. The topological polar surface area (TPSA) is 41.6 Å². The van der Waals surface area contributed by atoms with Crippen molar-refractivity contribution >= 4 is 11.6 Å². The summed E-state index contributed by atoms with van der Waals surface area (Å²) in [5.41, 5.74) is 1.90. The summed E-state index contributed by atoms with van der Waals surface area (Å²) in [5, 5.41) is 3.02. The van der Waals surface area contributed by atoms with E-state index >= 15 is 0 Å². The first-order valence-electron chi connectivity index (χ1n) is 5.72. The van der Waals surface area contributed by atoms with E-state index in [2.05, 4.69) is 5.32 Å². The number of ether oxygens (including phenoxy) is 1. The van der Waals surface area contributed by atoms with Gasteiger partial charge in [-0.2, -0.15) is 0 Å². The van der Waals surface area contributed by atoms with E-state index in [4.69, 9.17) is 4.74 Å². The predicted octanol–water partition coefficient (Wildman–Crippen LogP) is 1.58. The van der Waals surface area contributed by atoms with E-state index in [1.807, 2.05) is 32.0 Å². The maximum Gasteiger partial charge on any atom is 0.240 e. The van der Waals surface area contributed by atoms with Crippen LogP contribution in [0.15, 0.2) is 18.2 Å². The molecule has 0 saturated carbocycles. The molecule has 0 atom stereocenters. The second-order valence-corrected chi connectivity index (χ2v) is 3.91. The van der Waals surface area contributed by atoms with Gasteiger partial charge in [0.1, 0.15) is 5.75 Å². The van der Waals surface area contributed by atoms with E-state index in [0.29, 0.717) is 12.3 Å². The van der Waals surface area contributed by atoms with E-state index in [0.717, 1.165) is 17.8 Å². The number of carbonyl (C=O) groups excluding carboxylic acids is 1. The summed E-state index contributed by atoms with van der Waals surface area (Å²) < 4.78 is 5.26. The van der Waals surface area contributed by atoms with Crippen LogP contribution in [0.4, 0.5) is 5.69 Å². The van der Waals surface area contributed by atoms with Gasteiger partial charge >= 0.3 is 0 Å². The molecule has 0 aliphatic rings. The highest BCUT2D eigenvalue weighted by Crippen LogP contribution is 2.28. The summed E-state index contributed by atoms with van der Waals surface area (Å²) in [6.45, 7) is 5.08. The quantitative estimate of drug-likeness (QED) is 0.844. The monoisotopic (exact) mass is 236 g/mol. The van der Waals surface area contributed by atoms with Gasteiger partial charge < -0.3 is 15.0 Å². The van der Waals surface area contributed by atoms with Crippen molar-refractivity contribution in [3.8, 4) is 5.75 Å². The van der Waals surface area contributed by atoms with Gasteiger partial charge in [-0.05, 0) is 31.2 Å². The molecular formula is C13H20N2O2. The molecule has 0 unspecified atom stereocenters. The Balaban J connectivity index is 2.90. The first-order valence-corrected chi connectivity index (χ1v) is 5.72. The van der Waals surface area contributed by atoms with E-state index < -0.39 is 0 Å². The van der Waals surface area contributed by atoms with Crippen LogP contribution in [0.5, 0.6) is 5.75 Å². The van der Waals surface area contributed by atoms with Gasteiger partial charge in [-0.3, -0.25) is 4.79 Å². The minimum Gasteiger partial charge on any atom is -0.495 e. The molecule has 1 aromatic rings. The molecule has 94 valence electrons. The molecule has 1 N–H and O–H groups in total. The lowest BCUT2D eigenvalue weighted by Crippen LogP contribution is -2.35. The van der Waals surface area contributed by atoms with Crippen LogP contribution in [0.1, 0.15) is 12.5 Å². The predicted molar refractivity (Wildman–Crippen MR) is 69.7 cm³/mol. The van der Waals surface area contributed by atoms with Crippen LogP contribution in [0, 0.1) is 6.92 Å². The molecule has 17 heavy (non-hydrogen) atoms. The number of nitrogens with zero attached hydrogens (tertiary/aromatic N) is 1. The summed E-state index contributed by atoms with van der Waals surface area (Å²) in [4.78, 5) is 13.5. The van der Waals surface area contributed by atoms with Gasteiger partial charge in [0, 0.05) is 7.05 Å². The fourth-order valence-corrected chi connectivity index (χ4v) is 1.55. The Hall–Kier alpha value is -1.55. The Labute approximate surface area is 103 Å². The third-order valence-electron chi connectivity index (χ3n) is 2.60. The third-order valence-corrected chi connectivity index (χ3v) is 2.60. The molecule has 1 amide bonds. The SMILES string of the molecule is CCNCC(=O)N(C)c1cc(C)ccc1OC. The molecule has 1 rings (SSSR count). The smallest absolute Gasteiger partial charge is 0.240 e. The molecule has 1 aromatic carbocycles. The summed E-state index contributed by atoms with van der Waals surface area (Å²) in [7, 11) is 3.37. The van der Waals surface area contributed by atoms with Crippen LogP contribution in [0.2, 0.25) is 0 Å². The van der Waals surface area contributed by atoms with E-state index in [1.165, 1.54) is 0 Å². The van der Waals surface area contributed by atoms with Gasteiger partial charge in [0.25, 0.3) is 0 Å². The lowest BCUT2D eigenvalue weighted by Gasteiger charge is -2.20. The highest BCUT2D eigenvalue weighted by molar-refractivity contribution is 5.95. The number of likely N-dealkylation sites (N-methyl/N-ethyl adjacent to an activating group) is 2. The van der Waals surface area contributed by atoms with Gasteiger partial charge in [0.05, 0.1) is 19.3 Å². The molecular weight excluding hydrogens is 216 g/mol. The lowest BCUT2D eigenvalue weighted by atomic mass is 10.2. The Morgan fingerprint density at radius 1 is 1.47 bits per heavy atom. The van der Waals surface area contributed by atoms with Crippen molar-refractivity contribution in [2.24, 2.45) is 0 Å². The number of hydrogen-bond donors (Lipinski definition) is 1. The standard InChI is InChI=1S/C13H20N2O2/c1-5-14-9-13(16)15(3)11-8-10(2)6-7-12(11)17-4/h6-8,14H,5,9H2,1-4H3. The molecule has 0 bridgehead atoms. The molecule has 0 fully saturated rings.